The second kappa shape index (κ2) is 10.3. The van der Waals surface area contributed by atoms with Crippen molar-refractivity contribution < 1.29 is 0 Å². The Morgan fingerprint density at radius 2 is 1.91 bits per heavy atom. The molecule has 1 aromatic heterocycles. The molecule has 0 radical (unpaired) electrons. The molecule has 0 saturated heterocycles. The molecule has 5 nitrogen and oxygen atoms in total. The number of rotatable bonds is 7. The van der Waals surface area contributed by atoms with Crippen molar-refractivity contribution in [2.75, 3.05) is 19.6 Å². The largest absolute Gasteiger partial charge is 0.370 e. The summed E-state index contributed by atoms with van der Waals surface area (Å²) in [5, 5.41) is 0. The van der Waals surface area contributed by atoms with Crippen molar-refractivity contribution >= 4 is 29.9 Å². The topological polar surface area (TPSA) is 59.4 Å². The average molecular weight is 427 g/mol. The van der Waals surface area contributed by atoms with Gasteiger partial charge >= 0.3 is 0 Å². The van der Waals surface area contributed by atoms with Gasteiger partial charge < -0.3 is 15.2 Å². The summed E-state index contributed by atoms with van der Waals surface area (Å²) < 4.78 is 2.17. The maximum atomic E-state index is 5.99. The molecule has 2 rings (SSSR count). The number of imidazole rings is 1. The van der Waals surface area contributed by atoms with Crippen LogP contribution in [0.5, 0.6) is 0 Å². The molecule has 0 aliphatic carbocycles. The van der Waals surface area contributed by atoms with Gasteiger partial charge in [-0.3, -0.25) is 4.99 Å². The highest BCUT2D eigenvalue weighted by Gasteiger charge is 2.05. The Morgan fingerprint density at radius 3 is 2.57 bits per heavy atom. The molecule has 0 unspecified atom stereocenters. The van der Waals surface area contributed by atoms with Crippen LogP contribution in [0.15, 0.2) is 47.7 Å². The van der Waals surface area contributed by atoms with E-state index in [-0.39, 0.29) is 24.0 Å². The predicted octanol–water partition coefficient (Wildman–Crippen LogP) is 2.75. The van der Waals surface area contributed by atoms with E-state index in [1.165, 1.54) is 5.56 Å². The van der Waals surface area contributed by atoms with Crippen LogP contribution in [0.1, 0.15) is 25.2 Å². The van der Waals surface area contributed by atoms with Gasteiger partial charge in [0, 0.05) is 45.0 Å². The van der Waals surface area contributed by atoms with Gasteiger partial charge in [0.1, 0.15) is 5.82 Å². The van der Waals surface area contributed by atoms with E-state index < -0.39 is 0 Å². The molecule has 0 fully saturated rings. The third-order valence-electron chi connectivity index (χ3n) is 3.69. The van der Waals surface area contributed by atoms with Crippen LogP contribution in [0, 0.1) is 0 Å². The van der Waals surface area contributed by atoms with Gasteiger partial charge in [0.15, 0.2) is 5.96 Å². The summed E-state index contributed by atoms with van der Waals surface area (Å²) in [6.07, 6.45) is 4.65. The fraction of sp³-hybridized carbons (Fsp3) is 0.412. The van der Waals surface area contributed by atoms with Crippen molar-refractivity contribution in [3.05, 3.63) is 54.1 Å². The summed E-state index contributed by atoms with van der Waals surface area (Å²) in [5.41, 5.74) is 7.26. The zero-order chi connectivity index (χ0) is 15.8. The minimum Gasteiger partial charge on any atom is -0.370 e. The van der Waals surface area contributed by atoms with Crippen LogP contribution in [0.2, 0.25) is 0 Å². The molecule has 0 amide bonds. The number of nitrogens with zero attached hydrogens (tertiary/aromatic N) is 4. The van der Waals surface area contributed by atoms with E-state index in [0.29, 0.717) is 12.5 Å². The Kier molecular flexibility index (Phi) is 8.68. The highest BCUT2D eigenvalue weighted by molar-refractivity contribution is 14.0. The van der Waals surface area contributed by atoms with Gasteiger partial charge in [-0.05, 0) is 19.4 Å². The predicted molar refractivity (Wildman–Crippen MR) is 106 cm³/mol. The minimum absolute atomic E-state index is 0. The van der Waals surface area contributed by atoms with E-state index in [1.54, 1.807) is 0 Å². The zero-order valence-electron chi connectivity index (χ0n) is 13.9. The van der Waals surface area contributed by atoms with Crippen LogP contribution in [0.4, 0.5) is 0 Å². The van der Waals surface area contributed by atoms with Crippen molar-refractivity contribution in [1.29, 1.82) is 0 Å². The summed E-state index contributed by atoms with van der Waals surface area (Å²) in [4.78, 5) is 10.9. The summed E-state index contributed by atoms with van der Waals surface area (Å²) >= 11 is 0. The van der Waals surface area contributed by atoms with E-state index in [0.717, 1.165) is 31.9 Å². The maximum absolute atomic E-state index is 5.99. The van der Waals surface area contributed by atoms with Crippen molar-refractivity contribution in [3.8, 4) is 0 Å². The summed E-state index contributed by atoms with van der Waals surface area (Å²) in [6, 6.07) is 10.4. The Hall–Kier alpha value is -1.57. The van der Waals surface area contributed by atoms with Crippen molar-refractivity contribution in [3.63, 3.8) is 0 Å². The molecule has 0 saturated carbocycles. The molecular formula is C17H26IN5. The molecule has 0 bridgehead atoms. The second-order valence-electron chi connectivity index (χ2n) is 5.12. The Labute approximate surface area is 155 Å². The van der Waals surface area contributed by atoms with Crippen molar-refractivity contribution in [1.82, 2.24) is 14.5 Å². The highest BCUT2D eigenvalue weighted by Crippen LogP contribution is 2.06. The lowest BCUT2D eigenvalue weighted by atomic mass is 10.2. The quantitative estimate of drug-likeness (QED) is 0.420. The first-order valence-electron chi connectivity index (χ1n) is 7.83. The fourth-order valence-corrected chi connectivity index (χ4v) is 2.41. The normalized spacial score (nSPS) is 11.1. The molecule has 0 aliphatic rings. The fourth-order valence-electron chi connectivity index (χ4n) is 2.41. The average Bonchev–Trinajstić information content (AvgIpc) is 2.97. The van der Waals surface area contributed by atoms with Crippen molar-refractivity contribution in [2.45, 2.75) is 26.8 Å². The zero-order valence-corrected chi connectivity index (χ0v) is 16.2. The van der Waals surface area contributed by atoms with Crippen LogP contribution < -0.4 is 5.73 Å². The van der Waals surface area contributed by atoms with Gasteiger partial charge in [0.25, 0.3) is 0 Å². The van der Waals surface area contributed by atoms with Crippen LogP contribution in [0.25, 0.3) is 0 Å². The number of hydrogen-bond donors (Lipinski definition) is 1. The van der Waals surface area contributed by atoms with E-state index in [4.69, 9.17) is 5.73 Å². The lowest BCUT2D eigenvalue weighted by molar-refractivity contribution is 0.458. The number of nitrogens with two attached hydrogens (primary N) is 1. The second-order valence-corrected chi connectivity index (χ2v) is 5.12. The number of hydrogen-bond acceptors (Lipinski definition) is 2. The van der Waals surface area contributed by atoms with Gasteiger partial charge in [-0.1, -0.05) is 30.3 Å². The first-order valence-corrected chi connectivity index (χ1v) is 7.83. The van der Waals surface area contributed by atoms with Crippen LogP contribution in [-0.2, 0) is 13.0 Å². The molecule has 0 spiro atoms. The highest BCUT2D eigenvalue weighted by atomic mass is 127. The Bertz CT molecular complexity index is 590. The van der Waals surface area contributed by atoms with Crippen LogP contribution >= 0.6 is 24.0 Å². The molecule has 126 valence electrons. The smallest absolute Gasteiger partial charge is 0.191 e. The summed E-state index contributed by atoms with van der Waals surface area (Å²) in [6.45, 7) is 7.43. The number of guanidine groups is 1. The van der Waals surface area contributed by atoms with E-state index >= 15 is 0 Å². The van der Waals surface area contributed by atoms with Crippen LogP contribution in [-0.4, -0.2) is 40.0 Å². The number of halogens is 1. The monoisotopic (exact) mass is 427 g/mol. The SMILES string of the molecule is CCN(CC)C(N)=NCCc1nccn1Cc1ccccc1.I. The van der Waals surface area contributed by atoms with Gasteiger partial charge in [-0.2, -0.15) is 0 Å². The molecular weight excluding hydrogens is 401 g/mol. The van der Waals surface area contributed by atoms with Gasteiger partial charge in [0.05, 0.1) is 0 Å². The van der Waals surface area contributed by atoms with Gasteiger partial charge in [0.2, 0.25) is 0 Å². The molecule has 0 aliphatic heterocycles. The standard InChI is InChI=1S/C17H25N5.HI/c1-3-21(4-2)17(18)20-11-10-16-19-12-13-22(16)14-15-8-6-5-7-9-15;/h5-9,12-13H,3-4,10-11,14H2,1-2H3,(H2,18,20);1H. The van der Waals surface area contributed by atoms with E-state index in [1.807, 2.05) is 18.5 Å². The molecule has 23 heavy (non-hydrogen) atoms. The first kappa shape index (κ1) is 19.5. The molecule has 1 heterocycles. The van der Waals surface area contributed by atoms with E-state index in [9.17, 15) is 0 Å². The number of aliphatic imine (C=N–C) groups is 1. The molecule has 1 aromatic carbocycles. The Balaban J connectivity index is 0.00000264. The summed E-state index contributed by atoms with van der Waals surface area (Å²) in [5.74, 6) is 1.66. The van der Waals surface area contributed by atoms with Crippen LogP contribution in [0.3, 0.4) is 0 Å². The molecule has 2 aromatic rings. The summed E-state index contributed by atoms with van der Waals surface area (Å²) in [7, 11) is 0. The number of benzene rings is 1. The van der Waals surface area contributed by atoms with Crippen molar-refractivity contribution in [2.24, 2.45) is 10.7 Å². The number of aromatic nitrogens is 2. The third-order valence-corrected chi connectivity index (χ3v) is 3.69. The lowest BCUT2D eigenvalue weighted by Crippen LogP contribution is -2.37. The first-order chi connectivity index (χ1) is 10.7. The third kappa shape index (κ3) is 5.85. The minimum atomic E-state index is 0. The lowest BCUT2D eigenvalue weighted by Gasteiger charge is -2.19. The molecule has 6 heteroatoms. The maximum Gasteiger partial charge on any atom is 0.191 e. The Morgan fingerprint density at radius 1 is 1.22 bits per heavy atom. The van der Waals surface area contributed by atoms with Gasteiger partial charge in [-0.15, -0.1) is 24.0 Å². The van der Waals surface area contributed by atoms with Gasteiger partial charge in [-0.25, -0.2) is 4.98 Å². The van der Waals surface area contributed by atoms with E-state index in [2.05, 4.69) is 57.6 Å². The molecule has 0 atom stereocenters. The molecule has 2 N–H and O–H groups in total.